The molecular weight excluding hydrogens is 163 g/mol. The summed E-state index contributed by atoms with van der Waals surface area (Å²) in [7, 11) is 0. The van der Waals surface area contributed by atoms with E-state index in [1.165, 1.54) is 12.3 Å². The van der Waals surface area contributed by atoms with E-state index in [2.05, 4.69) is 4.98 Å². The first-order valence-electron chi connectivity index (χ1n) is 3.44. The van der Waals surface area contributed by atoms with Gasteiger partial charge in [-0.1, -0.05) is 6.92 Å². The zero-order valence-corrected chi connectivity index (χ0v) is 6.45. The number of aromatic nitrogens is 1. The van der Waals surface area contributed by atoms with Crippen molar-refractivity contribution in [3.05, 3.63) is 33.9 Å². The molecule has 0 unspecified atom stereocenters. The van der Waals surface area contributed by atoms with Gasteiger partial charge in [0, 0.05) is 12.3 Å². The van der Waals surface area contributed by atoms with Crippen molar-refractivity contribution in [1.29, 1.82) is 0 Å². The summed E-state index contributed by atoms with van der Waals surface area (Å²) in [6.07, 6.45) is 1.90. The number of halogens is 1. The lowest BCUT2D eigenvalue weighted by Crippen LogP contribution is -1.96. The highest BCUT2D eigenvalue weighted by Crippen LogP contribution is 2.15. The molecule has 0 radical (unpaired) electrons. The van der Waals surface area contributed by atoms with Gasteiger partial charge in [0.1, 0.15) is 0 Å². The number of pyridine rings is 1. The maximum atomic E-state index is 12.6. The Morgan fingerprint density at radius 3 is 2.92 bits per heavy atom. The fraction of sp³-hybridized carbons (Fsp3) is 0.286. The van der Waals surface area contributed by atoms with Crippen LogP contribution < -0.4 is 0 Å². The molecule has 0 N–H and O–H groups in total. The number of hydrogen-bond acceptors (Lipinski definition) is 3. The van der Waals surface area contributed by atoms with Gasteiger partial charge in [0.15, 0.2) is 0 Å². The SMILES string of the molecule is CCc1cnc(F)c([N+](=O)[O-])c1. The summed E-state index contributed by atoms with van der Waals surface area (Å²) in [4.78, 5) is 12.7. The molecule has 1 rings (SSSR count). The molecule has 0 bridgehead atoms. The van der Waals surface area contributed by atoms with Crippen molar-refractivity contribution in [2.75, 3.05) is 0 Å². The third kappa shape index (κ3) is 1.55. The third-order valence-corrected chi connectivity index (χ3v) is 1.48. The third-order valence-electron chi connectivity index (χ3n) is 1.48. The summed E-state index contributed by atoms with van der Waals surface area (Å²) in [6, 6.07) is 1.20. The molecule has 1 heterocycles. The Kier molecular flexibility index (Phi) is 2.32. The Bertz CT molecular complexity index is 314. The van der Waals surface area contributed by atoms with Crippen molar-refractivity contribution >= 4 is 5.69 Å². The minimum atomic E-state index is -1.03. The van der Waals surface area contributed by atoms with Crippen LogP contribution in [0.25, 0.3) is 0 Å². The van der Waals surface area contributed by atoms with E-state index in [9.17, 15) is 14.5 Å². The van der Waals surface area contributed by atoms with Gasteiger partial charge in [-0.15, -0.1) is 0 Å². The molecule has 0 aliphatic rings. The zero-order valence-electron chi connectivity index (χ0n) is 6.45. The summed E-state index contributed by atoms with van der Waals surface area (Å²) in [5, 5.41) is 10.2. The average molecular weight is 170 g/mol. The molecule has 0 fully saturated rings. The van der Waals surface area contributed by atoms with Gasteiger partial charge in [-0.25, -0.2) is 4.98 Å². The van der Waals surface area contributed by atoms with Crippen LogP contribution in [0.2, 0.25) is 0 Å². The maximum absolute atomic E-state index is 12.6. The van der Waals surface area contributed by atoms with Gasteiger partial charge in [-0.05, 0) is 12.0 Å². The van der Waals surface area contributed by atoms with Gasteiger partial charge in [0.25, 0.3) is 5.95 Å². The van der Waals surface area contributed by atoms with Crippen molar-refractivity contribution < 1.29 is 9.31 Å². The quantitative estimate of drug-likeness (QED) is 0.385. The molecule has 0 aromatic carbocycles. The van der Waals surface area contributed by atoms with Gasteiger partial charge >= 0.3 is 5.69 Å². The summed E-state index contributed by atoms with van der Waals surface area (Å²) < 4.78 is 12.6. The number of nitrogens with zero attached hydrogens (tertiary/aromatic N) is 2. The van der Waals surface area contributed by atoms with Crippen LogP contribution in [0.5, 0.6) is 0 Å². The molecule has 0 atom stereocenters. The van der Waals surface area contributed by atoms with E-state index >= 15 is 0 Å². The monoisotopic (exact) mass is 170 g/mol. The Morgan fingerprint density at radius 1 is 1.75 bits per heavy atom. The molecule has 5 heteroatoms. The number of nitro groups is 1. The van der Waals surface area contributed by atoms with Crippen molar-refractivity contribution in [3.63, 3.8) is 0 Å². The average Bonchev–Trinajstić information content (AvgIpc) is 2.05. The minimum absolute atomic E-state index is 0.561. The fourth-order valence-electron chi connectivity index (χ4n) is 0.800. The highest BCUT2D eigenvalue weighted by molar-refractivity contribution is 5.31. The molecule has 1 aromatic heterocycles. The second-order valence-electron chi connectivity index (χ2n) is 2.26. The lowest BCUT2D eigenvalue weighted by molar-refractivity contribution is -0.388. The highest BCUT2D eigenvalue weighted by Gasteiger charge is 2.14. The standard InChI is InChI=1S/C7H7FN2O2/c1-2-5-3-6(10(11)12)7(8)9-4-5/h3-4H,2H2,1H3. The van der Waals surface area contributed by atoms with E-state index < -0.39 is 16.6 Å². The van der Waals surface area contributed by atoms with E-state index in [0.29, 0.717) is 12.0 Å². The molecule has 0 saturated heterocycles. The lowest BCUT2D eigenvalue weighted by Gasteiger charge is -1.95. The van der Waals surface area contributed by atoms with Crippen molar-refractivity contribution in [1.82, 2.24) is 4.98 Å². The van der Waals surface area contributed by atoms with Gasteiger partial charge < -0.3 is 0 Å². The second kappa shape index (κ2) is 3.25. The molecule has 1 aromatic rings. The van der Waals surface area contributed by atoms with Gasteiger partial charge in [0.2, 0.25) is 0 Å². The van der Waals surface area contributed by atoms with Gasteiger partial charge in [0.05, 0.1) is 4.92 Å². The predicted molar refractivity (Wildman–Crippen MR) is 40.2 cm³/mol. The van der Waals surface area contributed by atoms with E-state index in [-0.39, 0.29) is 0 Å². The van der Waals surface area contributed by atoms with Crippen LogP contribution in [-0.2, 0) is 6.42 Å². The highest BCUT2D eigenvalue weighted by atomic mass is 19.1. The smallest absolute Gasteiger partial charge is 0.258 e. The minimum Gasteiger partial charge on any atom is -0.258 e. The van der Waals surface area contributed by atoms with Gasteiger partial charge in [-0.2, -0.15) is 4.39 Å². The topological polar surface area (TPSA) is 56.0 Å². The first kappa shape index (κ1) is 8.58. The molecule has 0 aliphatic carbocycles. The van der Waals surface area contributed by atoms with Crippen LogP contribution in [0.3, 0.4) is 0 Å². The molecule has 0 saturated carbocycles. The van der Waals surface area contributed by atoms with Crippen LogP contribution in [0.4, 0.5) is 10.1 Å². The van der Waals surface area contributed by atoms with E-state index in [1.54, 1.807) is 0 Å². The van der Waals surface area contributed by atoms with Crippen molar-refractivity contribution in [2.24, 2.45) is 0 Å². The second-order valence-corrected chi connectivity index (χ2v) is 2.26. The molecule has 4 nitrogen and oxygen atoms in total. The van der Waals surface area contributed by atoms with Crippen LogP contribution in [0.1, 0.15) is 12.5 Å². The number of hydrogen-bond donors (Lipinski definition) is 0. The number of aryl methyl sites for hydroxylation is 1. The molecule has 0 spiro atoms. The molecule has 64 valence electrons. The van der Waals surface area contributed by atoms with Crippen LogP contribution in [0.15, 0.2) is 12.3 Å². The van der Waals surface area contributed by atoms with Crippen LogP contribution >= 0.6 is 0 Å². The number of rotatable bonds is 2. The van der Waals surface area contributed by atoms with Crippen molar-refractivity contribution in [3.8, 4) is 0 Å². The predicted octanol–water partition coefficient (Wildman–Crippen LogP) is 1.69. The van der Waals surface area contributed by atoms with E-state index in [4.69, 9.17) is 0 Å². The fourth-order valence-corrected chi connectivity index (χ4v) is 0.800. The van der Waals surface area contributed by atoms with Gasteiger partial charge in [-0.3, -0.25) is 10.1 Å². The molecule has 0 aliphatic heterocycles. The Morgan fingerprint density at radius 2 is 2.42 bits per heavy atom. The summed E-state index contributed by atoms with van der Waals surface area (Å²) >= 11 is 0. The Labute approximate surface area is 68.2 Å². The zero-order chi connectivity index (χ0) is 9.14. The first-order chi connectivity index (χ1) is 5.65. The van der Waals surface area contributed by atoms with Crippen LogP contribution in [0, 0.1) is 16.1 Å². The largest absolute Gasteiger partial charge is 0.324 e. The van der Waals surface area contributed by atoms with Crippen molar-refractivity contribution in [2.45, 2.75) is 13.3 Å². The molecule has 0 amide bonds. The Balaban J connectivity index is 3.17. The molecular formula is C7H7FN2O2. The summed E-state index contributed by atoms with van der Waals surface area (Å²) in [6.45, 7) is 1.82. The summed E-state index contributed by atoms with van der Waals surface area (Å²) in [5.74, 6) is -1.03. The lowest BCUT2D eigenvalue weighted by atomic mass is 10.2. The normalized spacial score (nSPS) is 9.83. The van der Waals surface area contributed by atoms with E-state index in [1.807, 2.05) is 6.92 Å². The van der Waals surface area contributed by atoms with E-state index in [0.717, 1.165) is 0 Å². The first-order valence-corrected chi connectivity index (χ1v) is 3.44. The molecule has 12 heavy (non-hydrogen) atoms. The maximum Gasteiger partial charge on any atom is 0.324 e. The van der Waals surface area contributed by atoms with Crippen LogP contribution in [-0.4, -0.2) is 9.91 Å². The Hall–Kier alpha value is -1.52. The summed E-state index contributed by atoms with van der Waals surface area (Å²) in [5.41, 5.74) is 0.0949.